The van der Waals surface area contributed by atoms with Gasteiger partial charge in [0.25, 0.3) is 0 Å². The van der Waals surface area contributed by atoms with Crippen molar-refractivity contribution in [3.05, 3.63) is 54.7 Å². The molecule has 1 fully saturated rings. The van der Waals surface area contributed by atoms with Crippen molar-refractivity contribution < 1.29 is 0 Å². The van der Waals surface area contributed by atoms with Crippen LogP contribution in [0.5, 0.6) is 0 Å². The Morgan fingerprint density at radius 3 is 1.62 bits per heavy atom. The fraction of sp³-hybridized carbons (Fsp3) is 0.263. The largest absolute Gasteiger partial charge is 0.0527 e. The van der Waals surface area contributed by atoms with Crippen LogP contribution in [0.1, 0.15) is 42.2 Å². The fourth-order valence-corrected chi connectivity index (χ4v) is 5.61. The minimum Gasteiger partial charge on any atom is -0.0527 e. The lowest BCUT2D eigenvalue weighted by atomic mass is 9.83. The molecular weight excluding hydrogens is 482 g/mol. The van der Waals surface area contributed by atoms with E-state index in [0.717, 1.165) is 11.8 Å². The van der Waals surface area contributed by atoms with E-state index in [4.69, 9.17) is 0 Å². The SMILES string of the molecule is Ic1ccc2c(c1)c1c(c3cc(I)ccc32)C2CCC1C2. The third-order valence-corrected chi connectivity index (χ3v) is 6.72. The summed E-state index contributed by atoms with van der Waals surface area (Å²) in [7, 11) is 0. The zero-order valence-corrected chi connectivity index (χ0v) is 15.8. The number of rotatable bonds is 0. The van der Waals surface area contributed by atoms with Crippen LogP contribution in [0, 0.1) is 7.14 Å². The summed E-state index contributed by atoms with van der Waals surface area (Å²) in [6.07, 6.45) is 4.18. The Kier molecular flexibility index (Phi) is 2.85. The van der Waals surface area contributed by atoms with Crippen LogP contribution in [-0.4, -0.2) is 0 Å². The van der Waals surface area contributed by atoms with Crippen LogP contribution in [-0.2, 0) is 0 Å². The summed E-state index contributed by atoms with van der Waals surface area (Å²) in [5.74, 6) is 1.63. The molecule has 0 aliphatic heterocycles. The molecule has 3 aromatic rings. The molecule has 0 saturated heterocycles. The summed E-state index contributed by atoms with van der Waals surface area (Å²) in [5, 5.41) is 5.96. The Labute approximate surface area is 151 Å². The van der Waals surface area contributed by atoms with E-state index in [9.17, 15) is 0 Å². The maximum Gasteiger partial charge on any atom is 0.0136 e. The summed E-state index contributed by atoms with van der Waals surface area (Å²) in [4.78, 5) is 0. The van der Waals surface area contributed by atoms with Gasteiger partial charge in [0.1, 0.15) is 0 Å². The lowest BCUT2D eigenvalue weighted by Gasteiger charge is -2.21. The summed E-state index contributed by atoms with van der Waals surface area (Å²) in [5.41, 5.74) is 3.38. The molecule has 2 heteroatoms. The van der Waals surface area contributed by atoms with Crippen LogP contribution in [0.4, 0.5) is 0 Å². The van der Waals surface area contributed by atoms with Crippen molar-refractivity contribution in [2.24, 2.45) is 0 Å². The number of halogens is 2. The zero-order chi connectivity index (χ0) is 14.1. The molecule has 2 atom stereocenters. The molecule has 21 heavy (non-hydrogen) atoms. The van der Waals surface area contributed by atoms with E-state index in [1.165, 1.54) is 47.9 Å². The van der Waals surface area contributed by atoms with Crippen LogP contribution in [0.2, 0.25) is 0 Å². The van der Waals surface area contributed by atoms with Crippen molar-refractivity contribution in [3.8, 4) is 0 Å². The molecule has 0 aromatic heterocycles. The third kappa shape index (κ3) is 1.78. The molecule has 104 valence electrons. The van der Waals surface area contributed by atoms with Gasteiger partial charge in [0.15, 0.2) is 0 Å². The molecular formula is C19H14I2. The van der Waals surface area contributed by atoms with E-state index < -0.39 is 0 Å². The number of benzene rings is 3. The van der Waals surface area contributed by atoms with Gasteiger partial charge in [-0.3, -0.25) is 0 Å². The highest BCUT2D eigenvalue weighted by atomic mass is 127. The van der Waals surface area contributed by atoms with Crippen molar-refractivity contribution in [2.45, 2.75) is 31.1 Å². The van der Waals surface area contributed by atoms with Gasteiger partial charge in [0.2, 0.25) is 0 Å². The van der Waals surface area contributed by atoms with Gasteiger partial charge in [-0.1, -0.05) is 12.1 Å². The van der Waals surface area contributed by atoms with Crippen molar-refractivity contribution in [1.29, 1.82) is 0 Å². The smallest absolute Gasteiger partial charge is 0.0136 e. The second-order valence-electron chi connectivity index (χ2n) is 6.41. The first-order chi connectivity index (χ1) is 10.2. The standard InChI is InChI=1S/C19H14I2/c20-12-3-5-14-15-6-4-13(21)9-17(15)19-11-2-1-10(7-11)18(19)16(14)8-12/h3-6,8-11H,1-2,7H2. The van der Waals surface area contributed by atoms with Crippen LogP contribution >= 0.6 is 45.2 Å². The van der Waals surface area contributed by atoms with Crippen molar-refractivity contribution in [3.63, 3.8) is 0 Å². The average molecular weight is 496 g/mol. The van der Waals surface area contributed by atoms with Gasteiger partial charge in [-0.05, 0) is 133 Å². The molecule has 3 aromatic carbocycles. The first-order valence-electron chi connectivity index (χ1n) is 7.56. The van der Waals surface area contributed by atoms with E-state index in [2.05, 4.69) is 81.6 Å². The highest BCUT2D eigenvalue weighted by Crippen LogP contribution is 2.57. The molecule has 5 rings (SSSR count). The Balaban J connectivity index is 2.06. The monoisotopic (exact) mass is 496 g/mol. The van der Waals surface area contributed by atoms with Crippen molar-refractivity contribution in [1.82, 2.24) is 0 Å². The van der Waals surface area contributed by atoms with E-state index >= 15 is 0 Å². The van der Waals surface area contributed by atoms with E-state index in [1.54, 1.807) is 11.1 Å². The molecule has 0 N–H and O–H groups in total. The lowest BCUT2D eigenvalue weighted by Crippen LogP contribution is -2.01. The Morgan fingerprint density at radius 1 is 0.667 bits per heavy atom. The van der Waals surface area contributed by atoms with Gasteiger partial charge in [-0.25, -0.2) is 0 Å². The predicted octanol–water partition coefficient (Wildman–Crippen LogP) is 6.57. The van der Waals surface area contributed by atoms with Crippen LogP contribution in [0.3, 0.4) is 0 Å². The maximum atomic E-state index is 2.45. The number of fused-ring (bicyclic) bond motifs is 10. The zero-order valence-electron chi connectivity index (χ0n) is 11.5. The van der Waals surface area contributed by atoms with E-state index in [0.29, 0.717) is 0 Å². The fourth-order valence-electron chi connectivity index (χ4n) is 4.62. The Hall–Kier alpha value is -0.360. The topological polar surface area (TPSA) is 0 Å². The van der Waals surface area contributed by atoms with Gasteiger partial charge in [0.05, 0.1) is 0 Å². The highest BCUT2D eigenvalue weighted by Gasteiger charge is 2.39. The summed E-state index contributed by atoms with van der Waals surface area (Å²) >= 11 is 4.90. The lowest BCUT2D eigenvalue weighted by molar-refractivity contribution is 0.726. The summed E-state index contributed by atoms with van der Waals surface area (Å²) in [6, 6.07) is 14.0. The maximum absolute atomic E-state index is 2.45. The molecule has 2 unspecified atom stereocenters. The molecule has 1 saturated carbocycles. The van der Waals surface area contributed by atoms with Crippen LogP contribution in [0.25, 0.3) is 21.5 Å². The van der Waals surface area contributed by atoms with E-state index in [-0.39, 0.29) is 0 Å². The molecule has 0 nitrogen and oxygen atoms in total. The molecule has 2 aliphatic carbocycles. The normalized spacial score (nSPS) is 23.1. The number of hydrogen-bond acceptors (Lipinski definition) is 0. The van der Waals surface area contributed by atoms with Gasteiger partial charge >= 0.3 is 0 Å². The summed E-state index contributed by atoms with van der Waals surface area (Å²) < 4.78 is 2.71. The Morgan fingerprint density at radius 2 is 1.14 bits per heavy atom. The number of hydrogen-bond donors (Lipinski definition) is 0. The first kappa shape index (κ1) is 13.1. The van der Waals surface area contributed by atoms with Gasteiger partial charge < -0.3 is 0 Å². The van der Waals surface area contributed by atoms with E-state index in [1.807, 2.05) is 0 Å². The minimum atomic E-state index is 0.813. The molecule has 0 spiro atoms. The molecule has 2 bridgehead atoms. The molecule has 0 amide bonds. The predicted molar refractivity (Wildman–Crippen MR) is 106 cm³/mol. The molecule has 2 aliphatic rings. The second kappa shape index (κ2) is 4.57. The van der Waals surface area contributed by atoms with Crippen molar-refractivity contribution in [2.75, 3.05) is 0 Å². The van der Waals surface area contributed by atoms with Crippen LogP contribution < -0.4 is 0 Å². The third-order valence-electron chi connectivity index (χ3n) is 5.37. The second-order valence-corrected chi connectivity index (χ2v) is 8.91. The van der Waals surface area contributed by atoms with Crippen LogP contribution in [0.15, 0.2) is 36.4 Å². The highest BCUT2D eigenvalue weighted by molar-refractivity contribution is 14.1. The Bertz CT molecular complexity index is 836. The van der Waals surface area contributed by atoms with Gasteiger partial charge in [0, 0.05) is 7.14 Å². The summed E-state index contributed by atoms with van der Waals surface area (Å²) in [6.45, 7) is 0. The minimum absolute atomic E-state index is 0.813. The van der Waals surface area contributed by atoms with Gasteiger partial charge in [-0.2, -0.15) is 0 Å². The first-order valence-corrected chi connectivity index (χ1v) is 9.72. The molecule has 0 radical (unpaired) electrons. The van der Waals surface area contributed by atoms with Crippen molar-refractivity contribution >= 4 is 66.7 Å². The average Bonchev–Trinajstić information content (AvgIpc) is 3.08. The quantitative estimate of drug-likeness (QED) is 0.244. The van der Waals surface area contributed by atoms with Gasteiger partial charge in [-0.15, -0.1) is 0 Å². The molecule has 0 heterocycles.